The van der Waals surface area contributed by atoms with Gasteiger partial charge in [-0.05, 0) is 30.2 Å². The van der Waals surface area contributed by atoms with E-state index < -0.39 is 0 Å². The summed E-state index contributed by atoms with van der Waals surface area (Å²) in [5.41, 5.74) is 2.32. The van der Waals surface area contributed by atoms with Crippen molar-refractivity contribution in [3.8, 4) is 5.75 Å². The molecule has 2 aromatic carbocycles. The maximum Gasteiger partial charge on any atom is 0.244 e. The number of carbonyl (C=O) groups is 2. The summed E-state index contributed by atoms with van der Waals surface area (Å²) in [6.45, 7) is 2.08. The first-order valence-corrected chi connectivity index (χ1v) is 8.52. The molecule has 0 spiro atoms. The van der Waals surface area contributed by atoms with Gasteiger partial charge in [-0.1, -0.05) is 41.9 Å². The number of rotatable bonds is 7. The zero-order valence-electron chi connectivity index (χ0n) is 14.7. The van der Waals surface area contributed by atoms with Gasteiger partial charge in [0.25, 0.3) is 0 Å². The molecule has 0 unspecified atom stereocenters. The minimum atomic E-state index is -0.249. The molecule has 2 aromatic rings. The molecule has 0 fully saturated rings. The molecule has 2 amide bonds. The van der Waals surface area contributed by atoms with E-state index in [2.05, 4.69) is 10.6 Å². The average Bonchev–Trinajstić information content (AvgIpc) is 2.63. The molecule has 0 saturated heterocycles. The largest absolute Gasteiger partial charge is 0.495 e. The van der Waals surface area contributed by atoms with E-state index in [0.29, 0.717) is 16.5 Å². The highest BCUT2D eigenvalue weighted by Crippen LogP contribution is 2.30. The normalized spacial score (nSPS) is 10.6. The van der Waals surface area contributed by atoms with Crippen LogP contribution < -0.4 is 15.4 Å². The van der Waals surface area contributed by atoms with Crippen LogP contribution in [0.1, 0.15) is 17.5 Å². The van der Waals surface area contributed by atoms with Crippen molar-refractivity contribution < 1.29 is 14.3 Å². The lowest BCUT2D eigenvalue weighted by Crippen LogP contribution is -2.26. The first-order valence-electron chi connectivity index (χ1n) is 8.14. The fourth-order valence-electron chi connectivity index (χ4n) is 2.24. The van der Waals surface area contributed by atoms with Crippen LogP contribution in [0.15, 0.2) is 48.5 Å². The minimum Gasteiger partial charge on any atom is -0.495 e. The van der Waals surface area contributed by atoms with Gasteiger partial charge in [0.15, 0.2) is 0 Å². The molecule has 2 N–H and O–H groups in total. The lowest BCUT2D eigenvalue weighted by molar-refractivity contribution is -0.117. The second kappa shape index (κ2) is 9.63. The Balaban J connectivity index is 1.81. The van der Waals surface area contributed by atoms with Crippen molar-refractivity contribution in [3.63, 3.8) is 0 Å². The number of anilines is 1. The second-order valence-electron chi connectivity index (χ2n) is 5.63. The smallest absolute Gasteiger partial charge is 0.244 e. The first kappa shape index (κ1) is 19.5. The molecule has 26 heavy (non-hydrogen) atoms. The van der Waals surface area contributed by atoms with Gasteiger partial charge in [-0.25, -0.2) is 0 Å². The molecular formula is C20H21ClN2O3. The molecule has 6 heteroatoms. The summed E-state index contributed by atoms with van der Waals surface area (Å²) in [6.07, 6.45) is 3.31. The molecule has 0 atom stereocenters. The van der Waals surface area contributed by atoms with Gasteiger partial charge < -0.3 is 15.4 Å². The molecule has 136 valence electrons. The minimum absolute atomic E-state index is 0.149. The highest BCUT2D eigenvalue weighted by molar-refractivity contribution is 6.31. The number of aryl methyl sites for hydroxylation is 1. The van der Waals surface area contributed by atoms with Crippen molar-refractivity contribution in [1.82, 2.24) is 5.32 Å². The van der Waals surface area contributed by atoms with Gasteiger partial charge >= 0.3 is 0 Å². The Bertz CT molecular complexity index is 804. The molecule has 0 aliphatic heterocycles. The van der Waals surface area contributed by atoms with E-state index in [0.717, 1.165) is 11.1 Å². The van der Waals surface area contributed by atoms with Crippen LogP contribution in [0.5, 0.6) is 5.75 Å². The summed E-state index contributed by atoms with van der Waals surface area (Å²) in [4.78, 5) is 23.8. The van der Waals surface area contributed by atoms with Gasteiger partial charge in [0.2, 0.25) is 11.8 Å². The van der Waals surface area contributed by atoms with E-state index in [1.165, 1.54) is 13.2 Å². The topological polar surface area (TPSA) is 67.4 Å². The molecule has 0 aliphatic rings. The monoisotopic (exact) mass is 372 g/mol. The van der Waals surface area contributed by atoms with Gasteiger partial charge in [0.05, 0.1) is 12.8 Å². The van der Waals surface area contributed by atoms with Crippen LogP contribution >= 0.6 is 11.6 Å². The Hall–Kier alpha value is -2.79. The number of benzene rings is 2. The van der Waals surface area contributed by atoms with Crippen LogP contribution in [0.25, 0.3) is 6.08 Å². The van der Waals surface area contributed by atoms with Crippen molar-refractivity contribution in [2.45, 2.75) is 13.3 Å². The van der Waals surface area contributed by atoms with E-state index in [9.17, 15) is 9.59 Å². The number of nitrogens with one attached hydrogen (secondary N) is 2. The third kappa shape index (κ3) is 5.93. The standard InChI is InChI=1S/C20H21ClN2O3/c1-14-12-17(18(26-2)13-16(14)21)23-20(25)10-11-22-19(24)9-8-15-6-4-3-5-7-15/h3-9,12-13H,10-11H2,1-2H3,(H,22,24)(H,23,25)/b9-8+. The van der Waals surface area contributed by atoms with E-state index in [-0.39, 0.29) is 24.8 Å². The number of amides is 2. The first-order chi connectivity index (χ1) is 12.5. The fourth-order valence-corrected chi connectivity index (χ4v) is 2.39. The Kier molecular flexibility index (Phi) is 7.24. The fraction of sp³-hybridized carbons (Fsp3) is 0.200. The maximum atomic E-state index is 12.1. The number of hydrogen-bond acceptors (Lipinski definition) is 3. The van der Waals surface area contributed by atoms with E-state index in [4.69, 9.17) is 16.3 Å². The van der Waals surface area contributed by atoms with Crippen molar-refractivity contribution in [3.05, 3.63) is 64.7 Å². The molecule has 0 bridgehead atoms. The molecule has 2 rings (SSSR count). The van der Waals surface area contributed by atoms with Crippen LogP contribution in [0.4, 0.5) is 5.69 Å². The van der Waals surface area contributed by atoms with Gasteiger partial charge in [-0.15, -0.1) is 0 Å². The van der Waals surface area contributed by atoms with E-state index >= 15 is 0 Å². The van der Waals surface area contributed by atoms with Gasteiger partial charge in [-0.2, -0.15) is 0 Å². The predicted molar refractivity (Wildman–Crippen MR) is 104 cm³/mol. The summed E-state index contributed by atoms with van der Waals surface area (Å²) in [5, 5.41) is 6.02. The predicted octanol–water partition coefficient (Wildman–Crippen LogP) is 3.82. The summed E-state index contributed by atoms with van der Waals surface area (Å²) in [6, 6.07) is 12.9. The maximum absolute atomic E-state index is 12.1. The summed E-state index contributed by atoms with van der Waals surface area (Å²) >= 11 is 6.05. The van der Waals surface area contributed by atoms with Crippen molar-refractivity contribution >= 4 is 35.2 Å². The third-order valence-electron chi connectivity index (χ3n) is 3.63. The number of ether oxygens (including phenoxy) is 1. The highest BCUT2D eigenvalue weighted by atomic mass is 35.5. The molecule has 0 aliphatic carbocycles. The van der Waals surface area contributed by atoms with E-state index in [1.54, 1.807) is 18.2 Å². The van der Waals surface area contributed by atoms with Crippen LogP contribution in [-0.2, 0) is 9.59 Å². The lowest BCUT2D eigenvalue weighted by Gasteiger charge is -2.12. The van der Waals surface area contributed by atoms with Crippen LogP contribution in [0, 0.1) is 6.92 Å². The number of carbonyl (C=O) groups excluding carboxylic acids is 2. The Morgan fingerprint density at radius 3 is 2.62 bits per heavy atom. The molecule has 0 heterocycles. The zero-order valence-corrected chi connectivity index (χ0v) is 15.5. The SMILES string of the molecule is COc1cc(Cl)c(C)cc1NC(=O)CCNC(=O)/C=C/c1ccccc1. The van der Waals surface area contributed by atoms with E-state index in [1.807, 2.05) is 37.3 Å². The van der Waals surface area contributed by atoms with Crippen LogP contribution in [0.2, 0.25) is 5.02 Å². The van der Waals surface area contributed by atoms with Crippen molar-refractivity contribution in [2.75, 3.05) is 19.0 Å². The molecule has 5 nitrogen and oxygen atoms in total. The summed E-state index contributed by atoms with van der Waals surface area (Å²) in [5.74, 6) is 0.0164. The van der Waals surface area contributed by atoms with Gasteiger partial charge in [0.1, 0.15) is 5.75 Å². The molecule has 0 radical (unpaired) electrons. The average molecular weight is 373 g/mol. The van der Waals surface area contributed by atoms with Gasteiger partial charge in [-0.3, -0.25) is 9.59 Å². The van der Waals surface area contributed by atoms with Crippen molar-refractivity contribution in [2.24, 2.45) is 0 Å². The molecular weight excluding hydrogens is 352 g/mol. The molecule has 0 saturated carbocycles. The quantitative estimate of drug-likeness (QED) is 0.726. The van der Waals surface area contributed by atoms with Gasteiger partial charge in [0, 0.05) is 30.1 Å². The third-order valence-corrected chi connectivity index (χ3v) is 4.04. The number of halogens is 1. The lowest BCUT2D eigenvalue weighted by atomic mass is 10.2. The zero-order chi connectivity index (χ0) is 18.9. The number of hydrogen-bond donors (Lipinski definition) is 2. The second-order valence-corrected chi connectivity index (χ2v) is 6.04. The Morgan fingerprint density at radius 1 is 1.19 bits per heavy atom. The summed E-state index contributed by atoms with van der Waals surface area (Å²) in [7, 11) is 1.51. The van der Waals surface area contributed by atoms with Crippen LogP contribution in [-0.4, -0.2) is 25.5 Å². The molecule has 0 aromatic heterocycles. The number of methoxy groups -OCH3 is 1. The van der Waals surface area contributed by atoms with Crippen molar-refractivity contribution in [1.29, 1.82) is 0 Å². The Labute approximate surface area is 158 Å². The Morgan fingerprint density at radius 2 is 1.92 bits per heavy atom. The summed E-state index contributed by atoms with van der Waals surface area (Å²) < 4.78 is 5.22. The highest BCUT2D eigenvalue weighted by Gasteiger charge is 2.10. The van der Waals surface area contributed by atoms with Crippen LogP contribution in [0.3, 0.4) is 0 Å².